The predicted octanol–water partition coefficient (Wildman–Crippen LogP) is 2.81. The van der Waals surface area contributed by atoms with E-state index in [1.807, 2.05) is 26.4 Å². The summed E-state index contributed by atoms with van der Waals surface area (Å²) in [5, 5.41) is 0. The predicted molar refractivity (Wildman–Crippen MR) is 115 cm³/mol. The highest BCUT2D eigenvalue weighted by atomic mass is 16.5. The topological polar surface area (TPSA) is 48.9 Å². The summed E-state index contributed by atoms with van der Waals surface area (Å²) in [5.74, 6) is 3.91. The minimum absolute atomic E-state index is 0.288. The molecule has 1 saturated heterocycles. The summed E-state index contributed by atoms with van der Waals surface area (Å²) in [7, 11) is 3.73. The first-order valence-corrected chi connectivity index (χ1v) is 11.4. The van der Waals surface area contributed by atoms with Crippen LogP contribution in [0.4, 0.5) is 5.82 Å². The average Bonchev–Trinajstić information content (AvgIpc) is 3.22. The van der Waals surface area contributed by atoms with Crippen LogP contribution in [0.25, 0.3) is 0 Å². The number of carbonyl (C=O) groups is 1. The van der Waals surface area contributed by atoms with Gasteiger partial charge in [-0.15, -0.1) is 0 Å². The number of rotatable bonds is 6. The van der Waals surface area contributed by atoms with E-state index in [0.717, 1.165) is 63.1 Å². The molecule has 0 atom stereocenters. The fraction of sp³-hybridized carbons (Fsp3) is 0.739. The molecule has 3 aliphatic rings. The molecule has 0 bridgehead atoms. The van der Waals surface area contributed by atoms with Crippen molar-refractivity contribution in [2.75, 3.05) is 58.3 Å². The largest absolute Gasteiger partial charge is 0.493 e. The second-order valence-corrected chi connectivity index (χ2v) is 9.21. The van der Waals surface area contributed by atoms with Gasteiger partial charge in [0.15, 0.2) is 0 Å². The Labute approximate surface area is 175 Å². The minimum Gasteiger partial charge on any atom is -0.493 e. The quantitative estimate of drug-likeness (QED) is 0.735. The van der Waals surface area contributed by atoms with E-state index in [4.69, 9.17) is 4.74 Å². The van der Waals surface area contributed by atoms with Gasteiger partial charge < -0.3 is 14.5 Å². The van der Waals surface area contributed by atoms with Gasteiger partial charge in [-0.05, 0) is 43.7 Å². The maximum absolute atomic E-state index is 11.9. The standard InChI is InChI=1S/C23H36N4O2/c1-25(2)22(28)17-19-5-3-18(4-6-19)8-11-26-12-14-27(15-13-26)23-20-9-16-29-21(20)7-10-24-23/h7,10,18-19H,3-6,8-9,11-17H2,1-2H3. The second kappa shape index (κ2) is 9.33. The molecule has 1 aliphatic carbocycles. The van der Waals surface area contributed by atoms with Gasteiger partial charge in [0.2, 0.25) is 5.91 Å². The Balaban J connectivity index is 1.17. The van der Waals surface area contributed by atoms with Gasteiger partial charge in [-0.3, -0.25) is 9.69 Å². The highest BCUT2D eigenvalue weighted by Crippen LogP contribution is 2.34. The number of amides is 1. The first-order chi connectivity index (χ1) is 14.1. The van der Waals surface area contributed by atoms with Crippen molar-refractivity contribution in [1.82, 2.24) is 14.8 Å². The van der Waals surface area contributed by atoms with E-state index in [0.29, 0.717) is 5.92 Å². The molecule has 1 saturated carbocycles. The molecule has 2 aliphatic heterocycles. The summed E-state index contributed by atoms with van der Waals surface area (Å²) >= 11 is 0. The first-order valence-electron chi connectivity index (χ1n) is 11.4. The fourth-order valence-electron chi connectivity index (χ4n) is 5.07. The Morgan fingerprint density at radius 1 is 1.14 bits per heavy atom. The molecule has 6 heteroatoms. The Morgan fingerprint density at radius 3 is 2.59 bits per heavy atom. The molecule has 4 rings (SSSR count). The summed E-state index contributed by atoms with van der Waals surface area (Å²) in [6, 6.07) is 1.99. The van der Waals surface area contributed by atoms with Crippen LogP contribution in [-0.2, 0) is 11.2 Å². The second-order valence-electron chi connectivity index (χ2n) is 9.21. The first kappa shape index (κ1) is 20.5. The molecule has 1 aromatic rings. The van der Waals surface area contributed by atoms with Gasteiger partial charge in [0.25, 0.3) is 0 Å². The molecular weight excluding hydrogens is 364 g/mol. The Morgan fingerprint density at radius 2 is 1.86 bits per heavy atom. The minimum atomic E-state index is 0.288. The molecule has 1 aromatic heterocycles. The van der Waals surface area contributed by atoms with Crippen LogP contribution in [0.2, 0.25) is 0 Å². The molecular formula is C23H36N4O2. The van der Waals surface area contributed by atoms with Crippen LogP contribution in [0.15, 0.2) is 12.3 Å². The van der Waals surface area contributed by atoms with E-state index in [1.54, 1.807) is 4.90 Å². The molecule has 29 heavy (non-hydrogen) atoms. The number of aromatic nitrogens is 1. The van der Waals surface area contributed by atoms with Crippen molar-refractivity contribution in [3.63, 3.8) is 0 Å². The van der Waals surface area contributed by atoms with Gasteiger partial charge in [0.1, 0.15) is 11.6 Å². The maximum Gasteiger partial charge on any atom is 0.222 e. The fourth-order valence-corrected chi connectivity index (χ4v) is 5.07. The molecule has 2 fully saturated rings. The Bertz CT molecular complexity index is 692. The number of hydrogen-bond acceptors (Lipinski definition) is 5. The highest BCUT2D eigenvalue weighted by Gasteiger charge is 2.26. The van der Waals surface area contributed by atoms with Crippen LogP contribution in [-0.4, -0.2) is 74.1 Å². The van der Waals surface area contributed by atoms with Gasteiger partial charge in [-0.2, -0.15) is 0 Å². The smallest absolute Gasteiger partial charge is 0.222 e. The lowest BCUT2D eigenvalue weighted by Crippen LogP contribution is -2.47. The number of carbonyl (C=O) groups excluding carboxylic acids is 1. The van der Waals surface area contributed by atoms with Gasteiger partial charge in [-0.1, -0.05) is 12.8 Å². The van der Waals surface area contributed by atoms with E-state index < -0.39 is 0 Å². The molecule has 0 spiro atoms. The lowest BCUT2D eigenvalue weighted by Gasteiger charge is -2.37. The molecule has 160 valence electrons. The van der Waals surface area contributed by atoms with Crippen molar-refractivity contribution < 1.29 is 9.53 Å². The van der Waals surface area contributed by atoms with Gasteiger partial charge in [0.05, 0.1) is 6.61 Å². The Hall–Kier alpha value is -1.82. The van der Waals surface area contributed by atoms with Gasteiger partial charge >= 0.3 is 0 Å². The summed E-state index contributed by atoms with van der Waals surface area (Å²) in [6.45, 7) is 6.37. The summed E-state index contributed by atoms with van der Waals surface area (Å²) < 4.78 is 5.70. The number of pyridine rings is 1. The average molecular weight is 401 g/mol. The van der Waals surface area contributed by atoms with Crippen molar-refractivity contribution >= 4 is 11.7 Å². The number of hydrogen-bond donors (Lipinski definition) is 0. The van der Waals surface area contributed by atoms with E-state index in [9.17, 15) is 4.79 Å². The van der Waals surface area contributed by atoms with Crippen molar-refractivity contribution in [2.24, 2.45) is 11.8 Å². The third-order valence-electron chi connectivity index (χ3n) is 7.05. The highest BCUT2D eigenvalue weighted by molar-refractivity contribution is 5.75. The number of ether oxygens (including phenoxy) is 1. The molecule has 6 nitrogen and oxygen atoms in total. The van der Waals surface area contributed by atoms with E-state index >= 15 is 0 Å². The third-order valence-corrected chi connectivity index (χ3v) is 7.05. The van der Waals surface area contributed by atoms with E-state index in [2.05, 4.69) is 14.8 Å². The van der Waals surface area contributed by atoms with E-state index in [1.165, 1.54) is 44.2 Å². The third kappa shape index (κ3) is 5.03. The molecule has 0 unspecified atom stereocenters. The summed E-state index contributed by atoms with van der Waals surface area (Å²) in [5.41, 5.74) is 1.30. The van der Waals surface area contributed by atoms with Crippen molar-refractivity contribution in [1.29, 1.82) is 0 Å². The maximum atomic E-state index is 11.9. The van der Waals surface area contributed by atoms with Crippen LogP contribution >= 0.6 is 0 Å². The zero-order valence-corrected chi connectivity index (χ0v) is 18.1. The zero-order valence-electron chi connectivity index (χ0n) is 18.1. The normalized spacial score (nSPS) is 24.8. The summed E-state index contributed by atoms with van der Waals surface area (Å²) in [4.78, 5) is 23.4. The lowest BCUT2D eigenvalue weighted by molar-refractivity contribution is -0.130. The van der Waals surface area contributed by atoms with Gasteiger partial charge in [0, 0.05) is 64.9 Å². The molecule has 3 heterocycles. The molecule has 0 aromatic carbocycles. The monoisotopic (exact) mass is 400 g/mol. The van der Waals surface area contributed by atoms with E-state index in [-0.39, 0.29) is 5.91 Å². The zero-order chi connectivity index (χ0) is 20.2. The lowest BCUT2D eigenvalue weighted by atomic mass is 9.79. The SMILES string of the molecule is CN(C)C(=O)CC1CCC(CCN2CCN(c3nccc4c3CCO4)CC2)CC1. The van der Waals surface area contributed by atoms with Crippen LogP contribution in [0.5, 0.6) is 5.75 Å². The van der Waals surface area contributed by atoms with Crippen LogP contribution in [0.3, 0.4) is 0 Å². The molecule has 0 N–H and O–H groups in total. The Kier molecular flexibility index (Phi) is 6.58. The van der Waals surface area contributed by atoms with Gasteiger partial charge in [-0.25, -0.2) is 4.98 Å². The number of fused-ring (bicyclic) bond motifs is 1. The number of nitrogens with zero attached hydrogens (tertiary/aromatic N) is 4. The van der Waals surface area contributed by atoms with Crippen molar-refractivity contribution in [2.45, 2.75) is 44.9 Å². The van der Waals surface area contributed by atoms with Crippen molar-refractivity contribution in [3.8, 4) is 5.75 Å². The number of piperazine rings is 1. The van der Waals surface area contributed by atoms with Crippen molar-refractivity contribution in [3.05, 3.63) is 17.8 Å². The van der Waals surface area contributed by atoms with Crippen LogP contribution < -0.4 is 9.64 Å². The molecule has 1 amide bonds. The van der Waals surface area contributed by atoms with Crippen LogP contribution in [0, 0.1) is 11.8 Å². The summed E-state index contributed by atoms with van der Waals surface area (Å²) in [6.07, 6.45) is 9.97. The van der Waals surface area contributed by atoms with Crippen LogP contribution in [0.1, 0.15) is 44.1 Å². The number of anilines is 1. The molecule has 0 radical (unpaired) electrons.